The van der Waals surface area contributed by atoms with Crippen molar-refractivity contribution in [2.45, 2.75) is 39.0 Å². The molecule has 2 fully saturated rings. The highest BCUT2D eigenvalue weighted by Gasteiger charge is 2.28. The summed E-state index contributed by atoms with van der Waals surface area (Å²) in [7, 11) is 0. The van der Waals surface area contributed by atoms with Crippen LogP contribution in [0.15, 0.2) is 0 Å². The molecule has 0 aromatic carbocycles. The maximum atomic E-state index is 12.6. The number of carbonyl (C=O) groups excluding carboxylic acids is 1. The largest absolute Gasteiger partial charge is 0.341 e. The van der Waals surface area contributed by atoms with Crippen LogP contribution >= 0.6 is 11.6 Å². The minimum atomic E-state index is 0.302. The molecule has 1 saturated carbocycles. The highest BCUT2D eigenvalue weighted by atomic mass is 35.5. The maximum absolute atomic E-state index is 12.6. The summed E-state index contributed by atoms with van der Waals surface area (Å²) in [6.07, 6.45) is 5.74. The van der Waals surface area contributed by atoms with Crippen LogP contribution in [0.2, 0.25) is 0 Å². The Hall–Kier alpha value is -0.280. The number of hydrogen-bond donors (Lipinski definition) is 0. The fourth-order valence-corrected chi connectivity index (χ4v) is 3.54. The van der Waals surface area contributed by atoms with Crippen LogP contribution in [0.4, 0.5) is 0 Å². The van der Waals surface area contributed by atoms with Crippen LogP contribution < -0.4 is 0 Å². The normalized spacial score (nSPS) is 30.1. The van der Waals surface area contributed by atoms with Crippen molar-refractivity contribution in [1.82, 2.24) is 9.80 Å². The van der Waals surface area contributed by atoms with Gasteiger partial charge in [-0.3, -0.25) is 4.79 Å². The Balaban J connectivity index is 1.82. The van der Waals surface area contributed by atoms with Gasteiger partial charge in [-0.1, -0.05) is 6.92 Å². The number of halogens is 1. The van der Waals surface area contributed by atoms with Gasteiger partial charge >= 0.3 is 0 Å². The highest BCUT2D eigenvalue weighted by molar-refractivity contribution is 6.18. The molecule has 0 atom stereocenters. The molecule has 0 unspecified atom stereocenters. The Morgan fingerprint density at radius 1 is 1.11 bits per heavy atom. The fraction of sp³-hybridized carbons (Fsp3) is 0.933. The average molecular weight is 287 g/mol. The van der Waals surface area contributed by atoms with Crippen molar-refractivity contribution in [2.24, 2.45) is 11.8 Å². The van der Waals surface area contributed by atoms with Gasteiger partial charge in [-0.05, 0) is 44.6 Å². The Morgan fingerprint density at radius 3 is 2.53 bits per heavy atom. The third-order valence-electron chi connectivity index (χ3n) is 4.67. The van der Waals surface area contributed by atoms with E-state index in [2.05, 4.69) is 16.7 Å². The molecule has 3 nitrogen and oxygen atoms in total. The molecule has 110 valence electrons. The van der Waals surface area contributed by atoms with Crippen LogP contribution in [0, 0.1) is 11.8 Å². The van der Waals surface area contributed by atoms with Gasteiger partial charge in [0.2, 0.25) is 5.91 Å². The lowest BCUT2D eigenvalue weighted by Gasteiger charge is -2.30. The smallest absolute Gasteiger partial charge is 0.225 e. The molecule has 4 heteroatoms. The van der Waals surface area contributed by atoms with Gasteiger partial charge in [-0.25, -0.2) is 0 Å². The van der Waals surface area contributed by atoms with Gasteiger partial charge in [0.1, 0.15) is 0 Å². The molecule has 19 heavy (non-hydrogen) atoms. The van der Waals surface area contributed by atoms with Gasteiger partial charge < -0.3 is 9.80 Å². The monoisotopic (exact) mass is 286 g/mol. The van der Waals surface area contributed by atoms with Crippen molar-refractivity contribution in [1.29, 1.82) is 0 Å². The molecule has 0 bridgehead atoms. The molecule has 2 rings (SSSR count). The summed E-state index contributed by atoms with van der Waals surface area (Å²) in [6.45, 7) is 7.15. The standard InChI is InChI=1S/C15H27ClN2O/c1-13-3-5-14(6-4-13)15(19)18-9-2-8-17(10-7-16)11-12-18/h13-14H,2-12H2,1H3. The number of rotatable bonds is 3. The first-order valence-electron chi connectivity index (χ1n) is 7.78. The van der Waals surface area contributed by atoms with Crippen LogP contribution in [0.25, 0.3) is 0 Å². The molecule has 0 spiro atoms. The van der Waals surface area contributed by atoms with Crippen molar-refractivity contribution >= 4 is 17.5 Å². The van der Waals surface area contributed by atoms with Crippen molar-refractivity contribution < 1.29 is 4.79 Å². The van der Waals surface area contributed by atoms with E-state index in [4.69, 9.17) is 11.6 Å². The Labute approximate surface area is 122 Å². The molecular weight excluding hydrogens is 260 g/mol. The predicted molar refractivity (Wildman–Crippen MR) is 79.5 cm³/mol. The van der Waals surface area contributed by atoms with Crippen LogP contribution in [-0.2, 0) is 4.79 Å². The summed E-state index contributed by atoms with van der Waals surface area (Å²) in [5.41, 5.74) is 0. The van der Waals surface area contributed by atoms with Crippen LogP contribution in [-0.4, -0.2) is 54.3 Å². The zero-order chi connectivity index (χ0) is 13.7. The van der Waals surface area contributed by atoms with Crippen molar-refractivity contribution in [3.8, 4) is 0 Å². The summed E-state index contributed by atoms with van der Waals surface area (Å²) < 4.78 is 0. The highest BCUT2D eigenvalue weighted by Crippen LogP contribution is 2.29. The summed E-state index contributed by atoms with van der Waals surface area (Å²) in [4.78, 5) is 17.0. The first kappa shape index (κ1) is 15.1. The second kappa shape index (κ2) is 7.49. The van der Waals surface area contributed by atoms with Crippen LogP contribution in [0.3, 0.4) is 0 Å². The zero-order valence-corrected chi connectivity index (χ0v) is 12.9. The third-order valence-corrected chi connectivity index (χ3v) is 4.84. The SMILES string of the molecule is CC1CCC(C(=O)N2CCCN(CCCl)CC2)CC1. The molecule has 1 aliphatic carbocycles. The lowest BCUT2D eigenvalue weighted by atomic mass is 9.82. The summed E-state index contributed by atoms with van der Waals surface area (Å²) >= 11 is 5.80. The molecule has 1 aliphatic heterocycles. The second-order valence-electron chi connectivity index (χ2n) is 6.17. The first-order chi connectivity index (χ1) is 9.20. The van der Waals surface area contributed by atoms with Crippen molar-refractivity contribution in [2.75, 3.05) is 38.6 Å². The minimum Gasteiger partial charge on any atom is -0.341 e. The molecule has 0 aromatic heterocycles. The van der Waals surface area contributed by atoms with E-state index in [1.54, 1.807) is 0 Å². The lowest BCUT2D eigenvalue weighted by molar-refractivity contribution is -0.136. The van der Waals surface area contributed by atoms with Crippen LogP contribution in [0.1, 0.15) is 39.0 Å². The van der Waals surface area contributed by atoms with E-state index in [-0.39, 0.29) is 0 Å². The molecule has 0 aromatic rings. The average Bonchev–Trinajstić information content (AvgIpc) is 2.65. The molecule has 0 N–H and O–H groups in total. The van der Waals surface area contributed by atoms with Gasteiger partial charge in [0.15, 0.2) is 0 Å². The second-order valence-corrected chi connectivity index (χ2v) is 6.54. The van der Waals surface area contributed by atoms with Gasteiger partial charge in [-0.2, -0.15) is 0 Å². The number of hydrogen-bond acceptors (Lipinski definition) is 2. The van der Waals surface area contributed by atoms with Crippen molar-refractivity contribution in [3.05, 3.63) is 0 Å². The quantitative estimate of drug-likeness (QED) is 0.745. The van der Waals surface area contributed by atoms with Crippen molar-refractivity contribution in [3.63, 3.8) is 0 Å². The van der Waals surface area contributed by atoms with Gasteiger partial charge in [0, 0.05) is 38.0 Å². The van der Waals surface area contributed by atoms with E-state index in [1.807, 2.05) is 0 Å². The summed E-state index contributed by atoms with van der Waals surface area (Å²) in [6, 6.07) is 0. The number of nitrogens with zero attached hydrogens (tertiary/aromatic N) is 2. The Morgan fingerprint density at radius 2 is 1.84 bits per heavy atom. The topological polar surface area (TPSA) is 23.6 Å². The van der Waals surface area contributed by atoms with E-state index in [1.165, 1.54) is 12.8 Å². The van der Waals surface area contributed by atoms with Gasteiger partial charge in [0.05, 0.1) is 0 Å². The molecule has 1 heterocycles. The molecule has 0 radical (unpaired) electrons. The van der Waals surface area contributed by atoms with E-state index >= 15 is 0 Å². The fourth-order valence-electron chi connectivity index (χ4n) is 3.30. The molecule has 2 aliphatic rings. The Bertz CT molecular complexity index is 290. The number of carbonyl (C=O) groups is 1. The van der Waals surface area contributed by atoms with Crippen LogP contribution in [0.5, 0.6) is 0 Å². The minimum absolute atomic E-state index is 0.302. The number of alkyl halides is 1. The molecular formula is C15H27ClN2O. The van der Waals surface area contributed by atoms with E-state index < -0.39 is 0 Å². The zero-order valence-electron chi connectivity index (χ0n) is 12.1. The lowest BCUT2D eigenvalue weighted by Crippen LogP contribution is -2.40. The summed E-state index contributed by atoms with van der Waals surface area (Å²) in [5.74, 6) is 2.22. The van der Waals surface area contributed by atoms with E-state index in [0.717, 1.165) is 57.9 Å². The molecule has 1 saturated heterocycles. The van der Waals surface area contributed by atoms with Gasteiger partial charge in [0.25, 0.3) is 0 Å². The predicted octanol–water partition coefficient (Wildman–Crippen LogP) is 2.59. The van der Waals surface area contributed by atoms with Gasteiger partial charge in [-0.15, -0.1) is 11.6 Å². The molecule has 1 amide bonds. The first-order valence-corrected chi connectivity index (χ1v) is 8.31. The maximum Gasteiger partial charge on any atom is 0.225 e. The van der Waals surface area contributed by atoms with E-state index in [0.29, 0.717) is 17.7 Å². The third kappa shape index (κ3) is 4.35. The van der Waals surface area contributed by atoms with E-state index in [9.17, 15) is 4.79 Å². The summed E-state index contributed by atoms with van der Waals surface area (Å²) in [5, 5.41) is 0. The Kier molecular flexibility index (Phi) is 5.96. The number of amides is 1.